The number of hydrogen-bond acceptors (Lipinski definition) is 4. The maximum atomic E-state index is 13.1. The molecule has 4 rings (SSSR count). The van der Waals surface area contributed by atoms with E-state index < -0.39 is 5.60 Å². The molecule has 1 aromatic heterocycles. The van der Waals surface area contributed by atoms with Gasteiger partial charge in [0.15, 0.2) is 0 Å². The molecule has 3 aromatic rings. The molecule has 0 radical (unpaired) electrons. The number of ether oxygens (including phenoxy) is 2. The van der Waals surface area contributed by atoms with Crippen molar-refractivity contribution >= 4 is 34.5 Å². The number of fused-ring (bicyclic) bond motifs is 1. The van der Waals surface area contributed by atoms with Gasteiger partial charge in [-0.15, -0.1) is 0 Å². The molecule has 0 saturated carbocycles. The summed E-state index contributed by atoms with van der Waals surface area (Å²) in [4.78, 5) is 30.2. The zero-order chi connectivity index (χ0) is 26.4. The lowest BCUT2D eigenvalue weighted by Gasteiger charge is -2.33. The summed E-state index contributed by atoms with van der Waals surface area (Å²) in [7, 11) is 0. The highest BCUT2D eigenvalue weighted by Gasteiger charge is 2.27. The van der Waals surface area contributed by atoms with E-state index in [0.717, 1.165) is 35.7 Å². The van der Waals surface area contributed by atoms with Crippen LogP contribution in [0.4, 0.5) is 4.79 Å². The van der Waals surface area contributed by atoms with Gasteiger partial charge in [-0.2, -0.15) is 0 Å². The third-order valence-electron chi connectivity index (χ3n) is 6.62. The number of rotatable bonds is 8. The average Bonchev–Trinajstić information content (AvgIpc) is 3.25. The molecule has 1 unspecified atom stereocenters. The summed E-state index contributed by atoms with van der Waals surface area (Å²) in [5.74, 6) is 0.336. The van der Waals surface area contributed by atoms with E-state index >= 15 is 0 Å². The molecule has 198 valence electrons. The number of benzene rings is 2. The van der Waals surface area contributed by atoms with Crippen molar-refractivity contribution in [1.82, 2.24) is 15.2 Å². The summed E-state index contributed by atoms with van der Waals surface area (Å²) in [6.45, 7) is 8.05. The first-order valence-corrected chi connectivity index (χ1v) is 13.3. The molecule has 1 aliphatic heterocycles. The number of carbonyl (C=O) groups is 2. The van der Waals surface area contributed by atoms with Crippen molar-refractivity contribution in [3.63, 3.8) is 0 Å². The standard InChI is InChI=1S/C29H36ClN3O4/c1-29(2,3)37-28(35)33-14-11-20(12-15-33)13-16-36-19-26(21-7-5-4-6-8-21)32-27(34)22-9-10-23-24(30)18-31-25(23)17-22/h4-10,17-18,20,26,31H,11-16,19H2,1-3H3,(H,32,34). The topological polar surface area (TPSA) is 83.7 Å². The van der Waals surface area contributed by atoms with E-state index in [1.165, 1.54) is 0 Å². The quantitative estimate of drug-likeness (QED) is 0.336. The summed E-state index contributed by atoms with van der Waals surface area (Å²) in [5.41, 5.74) is 1.89. The minimum atomic E-state index is -0.477. The lowest BCUT2D eigenvalue weighted by atomic mass is 9.94. The van der Waals surface area contributed by atoms with Gasteiger partial charge in [0, 0.05) is 42.4 Å². The van der Waals surface area contributed by atoms with Gasteiger partial charge in [-0.1, -0.05) is 48.0 Å². The Hall–Kier alpha value is -3.03. The number of piperidine rings is 1. The molecule has 2 amide bonds. The van der Waals surface area contributed by atoms with Gasteiger partial charge in [0.1, 0.15) is 5.60 Å². The van der Waals surface area contributed by atoms with Crippen LogP contribution in [0.15, 0.2) is 54.7 Å². The molecule has 1 atom stereocenters. The van der Waals surface area contributed by atoms with E-state index in [-0.39, 0.29) is 18.0 Å². The summed E-state index contributed by atoms with van der Waals surface area (Å²) >= 11 is 6.17. The van der Waals surface area contributed by atoms with Crippen LogP contribution in [-0.4, -0.2) is 53.8 Å². The fraction of sp³-hybridized carbons (Fsp3) is 0.448. The number of aromatic nitrogens is 1. The predicted octanol–water partition coefficient (Wildman–Crippen LogP) is 6.35. The smallest absolute Gasteiger partial charge is 0.410 e. The van der Waals surface area contributed by atoms with Crippen LogP contribution in [0, 0.1) is 5.92 Å². The summed E-state index contributed by atoms with van der Waals surface area (Å²) in [5, 5.41) is 4.65. The van der Waals surface area contributed by atoms with E-state index in [1.54, 1.807) is 17.2 Å². The second-order valence-corrected chi connectivity index (χ2v) is 11.0. The van der Waals surface area contributed by atoms with Gasteiger partial charge in [0.25, 0.3) is 5.91 Å². The minimum Gasteiger partial charge on any atom is -0.444 e. The number of H-pyrrole nitrogens is 1. The second-order valence-electron chi connectivity index (χ2n) is 10.6. The van der Waals surface area contributed by atoms with Gasteiger partial charge >= 0.3 is 6.09 Å². The molecule has 2 N–H and O–H groups in total. The third-order valence-corrected chi connectivity index (χ3v) is 6.93. The van der Waals surface area contributed by atoms with Crippen molar-refractivity contribution in [2.24, 2.45) is 5.92 Å². The highest BCUT2D eigenvalue weighted by Crippen LogP contribution is 2.25. The summed E-state index contributed by atoms with van der Waals surface area (Å²) in [6, 6.07) is 15.0. The van der Waals surface area contributed by atoms with Gasteiger partial charge < -0.3 is 24.7 Å². The van der Waals surface area contributed by atoms with Crippen LogP contribution >= 0.6 is 11.6 Å². The molecule has 0 aliphatic carbocycles. The molecular formula is C29H36ClN3O4. The monoisotopic (exact) mass is 525 g/mol. The largest absolute Gasteiger partial charge is 0.444 e. The Balaban J connectivity index is 1.27. The molecule has 2 heterocycles. The Morgan fingerprint density at radius 3 is 2.57 bits per heavy atom. The first-order chi connectivity index (χ1) is 17.7. The zero-order valence-electron chi connectivity index (χ0n) is 21.8. The predicted molar refractivity (Wildman–Crippen MR) is 146 cm³/mol. The van der Waals surface area contributed by atoms with Crippen molar-refractivity contribution in [3.05, 3.63) is 70.9 Å². The molecule has 1 fully saturated rings. The normalized spacial score (nSPS) is 15.5. The number of carbonyl (C=O) groups excluding carboxylic acids is 2. The molecule has 2 aromatic carbocycles. The van der Waals surface area contributed by atoms with E-state index in [9.17, 15) is 9.59 Å². The highest BCUT2D eigenvalue weighted by atomic mass is 35.5. The van der Waals surface area contributed by atoms with Crippen LogP contribution < -0.4 is 5.32 Å². The lowest BCUT2D eigenvalue weighted by molar-refractivity contribution is 0.0163. The van der Waals surface area contributed by atoms with Crippen molar-refractivity contribution in [2.45, 2.75) is 51.7 Å². The van der Waals surface area contributed by atoms with Gasteiger partial charge in [0.05, 0.1) is 17.7 Å². The zero-order valence-corrected chi connectivity index (χ0v) is 22.5. The second kappa shape index (κ2) is 12.0. The number of likely N-dealkylation sites (tertiary alicyclic amines) is 1. The Bertz CT molecular complexity index is 1200. The Labute approximate surface area is 223 Å². The molecule has 1 saturated heterocycles. The van der Waals surface area contributed by atoms with Crippen molar-refractivity contribution < 1.29 is 19.1 Å². The highest BCUT2D eigenvalue weighted by molar-refractivity contribution is 6.35. The number of hydrogen-bond donors (Lipinski definition) is 2. The third kappa shape index (κ3) is 7.49. The fourth-order valence-corrected chi connectivity index (χ4v) is 4.78. The van der Waals surface area contributed by atoms with Crippen molar-refractivity contribution in [1.29, 1.82) is 0 Å². The summed E-state index contributed by atoms with van der Waals surface area (Å²) < 4.78 is 11.5. The SMILES string of the molecule is CC(C)(C)OC(=O)N1CCC(CCOCC(NC(=O)c2ccc3c(Cl)c[nH]c3c2)c2ccccc2)CC1. The van der Waals surface area contributed by atoms with Crippen LogP contribution in [0.3, 0.4) is 0 Å². The van der Waals surface area contributed by atoms with Crippen LogP contribution in [0.5, 0.6) is 0 Å². The molecule has 0 bridgehead atoms. The molecule has 7 nitrogen and oxygen atoms in total. The van der Waals surface area contributed by atoms with E-state index in [0.29, 0.717) is 42.8 Å². The maximum absolute atomic E-state index is 13.1. The van der Waals surface area contributed by atoms with E-state index in [4.69, 9.17) is 21.1 Å². The number of amides is 2. The van der Waals surface area contributed by atoms with Gasteiger partial charge in [0.2, 0.25) is 0 Å². The number of aromatic amines is 1. The minimum absolute atomic E-state index is 0.167. The van der Waals surface area contributed by atoms with Crippen LogP contribution in [0.2, 0.25) is 5.02 Å². The average molecular weight is 526 g/mol. The van der Waals surface area contributed by atoms with Gasteiger partial charge in [-0.05, 0) is 63.6 Å². The van der Waals surface area contributed by atoms with Crippen LogP contribution in [0.25, 0.3) is 10.9 Å². The molecule has 1 aliphatic rings. The molecule has 8 heteroatoms. The number of halogens is 1. The van der Waals surface area contributed by atoms with Crippen molar-refractivity contribution in [2.75, 3.05) is 26.3 Å². The first kappa shape index (κ1) is 27.0. The van der Waals surface area contributed by atoms with E-state index in [2.05, 4.69) is 10.3 Å². The fourth-order valence-electron chi connectivity index (χ4n) is 4.56. The molecular weight excluding hydrogens is 490 g/mol. The van der Waals surface area contributed by atoms with Crippen LogP contribution in [0.1, 0.15) is 62.0 Å². The first-order valence-electron chi connectivity index (χ1n) is 12.9. The lowest BCUT2D eigenvalue weighted by Crippen LogP contribution is -2.41. The molecule has 0 spiro atoms. The van der Waals surface area contributed by atoms with E-state index in [1.807, 2.05) is 63.2 Å². The number of nitrogens with one attached hydrogen (secondary N) is 2. The Morgan fingerprint density at radius 2 is 1.86 bits per heavy atom. The number of nitrogens with zero attached hydrogens (tertiary/aromatic N) is 1. The molecule has 37 heavy (non-hydrogen) atoms. The summed E-state index contributed by atoms with van der Waals surface area (Å²) in [6.07, 6.45) is 4.28. The van der Waals surface area contributed by atoms with Crippen molar-refractivity contribution in [3.8, 4) is 0 Å². The maximum Gasteiger partial charge on any atom is 0.410 e. The Kier molecular flexibility index (Phi) is 8.77. The Morgan fingerprint density at radius 1 is 1.14 bits per heavy atom. The van der Waals surface area contributed by atoms with Gasteiger partial charge in [-0.25, -0.2) is 4.79 Å². The van der Waals surface area contributed by atoms with Gasteiger partial charge in [-0.3, -0.25) is 4.79 Å². The van der Waals surface area contributed by atoms with Crippen LogP contribution in [-0.2, 0) is 9.47 Å².